The topological polar surface area (TPSA) is 57.5 Å². The van der Waals surface area contributed by atoms with Crippen LogP contribution in [0.2, 0.25) is 0 Å². The molecule has 2 aromatic heterocycles. The number of halogens is 1. The van der Waals surface area contributed by atoms with E-state index in [0.29, 0.717) is 6.04 Å². The fraction of sp³-hybridized carbons (Fsp3) is 0.619. The van der Waals surface area contributed by atoms with Crippen molar-refractivity contribution in [2.75, 3.05) is 32.7 Å². The average Bonchev–Trinajstić information content (AvgIpc) is 3.45. The Morgan fingerprint density at radius 3 is 2.76 bits per heavy atom. The number of thiophene rings is 1. The standard InChI is InChI=1S/C21H34N6S.HI/c1-3-22-21(24-10-4-5-12-26-15-11-23-18(26)2)25-17-19(20-9-8-16-28-20)27-13-6-7-14-27;/h8-9,11,15-16,19H,3-7,10,12-14,17H2,1-2H3,(H2,22,24,25);1H. The molecule has 3 rings (SSSR count). The second kappa shape index (κ2) is 13.2. The van der Waals surface area contributed by atoms with Gasteiger partial charge in [-0.05, 0) is 64.1 Å². The van der Waals surface area contributed by atoms with Crippen LogP contribution >= 0.6 is 35.3 Å². The molecule has 6 nitrogen and oxygen atoms in total. The second-order valence-corrected chi connectivity index (χ2v) is 8.27. The number of aliphatic imine (C=N–C) groups is 1. The van der Waals surface area contributed by atoms with E-state index in [-0.39, 0.29) is 24.0 Å². The van der Waals surface area contributed by atoms with Crippen molar-refractivity contribution in [3.63, 3.8) is 0 Å². The maximum atomic E-state index is 4.92. The van der Waals surface area contributed by atoms with E-state index in [1.54, 1.807) is 0 Å². The van der Waals surface area contributed by atoms with Crippen molar-refractivity contribution < 1.29 is 0 Å². The van der Waals surface area contributed by atoms with Gasteiger partial charge < -0.3 is 15.2 Å². The quantitative estimate of drug-likeness (QED) is 0.211. The molecule has 0 aromatic carbocycles. The van der Waals surface area contributed by atoms with E-state index in [4.69, 9.17) is 4.99 Å². The Kier molecular flexibility index (Phi) is 11.0. The summed E-state index contributed by atoms with van der Waals surface area (Å²) in [6.07, 6.45) is 8.78. The Labute approximate surface area is 196 Å². The SMILES string of the molecule is CCNC(=NCC(c1cccs1)N1CCCC1)NCCCCn1ccnc1C.I. The highest BCUT2D eigenvalue weighted by Crippen LogP contribution is 2.28. The number of nitrogens with one attached hydrogen (secondary N) is 2. The first-order valence-corrected chi connectivity index (χ1v) is 11.4. The summed E-state index contributed by atoms with van der Waals surface area (Å²) in [5.41, 5.74) is 0. The van der Waals surface area contributed by atoms with Gasteiger partial charge in [0, 0.05) is 36.9 Å². The molecule has 1 saturated heterocycles. The van der Waals surface area contributed by atoms with Gasteiger partial charge in [-0.15, -0.1) is 35.3 Å². The van der Waals surface area contributed by atoms with Gasteiger partial charge in [-0.1, -0.05) is 6.07 Å². The van der Waals surface area contributed by atoms with Crippen LogP contribution in [-0.2, 0) is 6.54 Å². The fourth-order valence-electron chi connectivity index (χ4n) is 3.69. The minimum absolute atomic E-state index is 0. The van der Waals surface area contributed by atoms with Gasteiger partial charge in [0.1, 0.15) is 5.82 Å². The van der Waals surface area contributed by atoms with Gasteiger partial charge in [-0.2, -0.15) is 0 Å². The van der Waals surface area contributed by atoms with Gasteiger partial charge in [-0.25, -0.2) is 4.98 Å². The van der Waals surface area contributed by atoms with Crippen LogP contribution in [0.15, 0.2) is 34.9 Å². The summed E-state index contributed by atoms with van der Waals surface area (Å²) in [5, 5.41) is 9.08. The Bertz CT molecular complexity index is 709. The Morgan fingerprint density at radius 1 is 1.28 bits per heavy atom. The summed E-state index contributed by atoms with van der Waals surface area (Å²) in [6, 6.07) is 4.81. The van der Waals surface area contributed by atoms with E-state index < -0.39 is 0 Å². The van der Waals surface area contributed by atoms with Crippen LogP contribution in [0.25, 0.3) is 0 Å². The molecule has 0 bridgehead atoms. The van der Waals surface area contributed by atoms with E-state index in [2.05, 4.69) is 62.6 Å². The summed E-state index contributed by atoms with van der Waals surface area (Å²) in [7, 11) is 0. The molecule has 0 spiro atoms. The van der Waals surface area contributed by atoms with Crippen LogP contribution in [0, 0.1) is 6.92 Å². The van der Waals surface area contributed by atoms with Crippen molar-refractivity contribution in [1.82, 2.24) is 25.1 Å². The van der Waals surface area contributed by atoms with Crippen molar-refractivity contribution in [1.29, 1.82) is 0 Å². The third-order valence-electron chi connectivity index (χ3n) is 5.26. The van der Waals surface area contributed by atoms with Crippen LogP contribution in [0.1, 0.15) is 49.4 Å². The molecular formula is C21H35IN6S. The molecule has 0 saturated carbocycles. The van der Waals surface area contributed by atoms with Crippen LogP contribution in [-0.4, -0.2) is 53.1 Å². The second-order valence-electron chi connectivity index (χ2n) is 7.30. The average molecular weight is 531 g/mol. The molecule has 3 heterocycles. The monoisotopic (exact) mass is 530 g/mol. The Balaban J connectivity index is 0.00000300. The van der Waals surface area contributed by atoms with Crippen molar-refractivity contribution in [2.24, 2.45) is 4.99 Å². The lowest BCUT2D eigenvalue weighted by Crippen LogP contribution is -2.38. The molecule has 1 aliphatic rings. The number of aromatic nitrogens is 2. The van der Waals surface area contributed by atoms with Crippen LogP contribution in [0.5, 0.6) is 0 Å². The number of imidazole rings is 1. The van der Waals surface area contributed by atoms with Gasteiger partial charge in [0.2, 0.25) is 0 Å². The van der Waals surface area contributed by atoms with E-state index in [1.807, 2.05) is 17.5 Å². The highest BCUT2D eigenvalue weighted by atomic mass is 127. The molecule has 8 heteroatoms. The predicted molar refractivity (Wildman–Crippen MR) is 133 cm³/mol. The highest BCUT2D eigenvalue weighted by Gasteiger charge is 2.24. The van der Waals surface area contributed by atoms with E-state index >= 15 is 0 Å². The number of hydrogen-bond donors (Lipinski definition) is 2. The first-order chi connectivity index (χ1) is 13.8. The maximum Gasteiger partial charge on any atom is 0.191 e. The van der Waals surface area contributed by atoms with Crippen LogP contribution < -0.4 is 10.6 Å². The third kappa shape index (κ3) is 7.57. The Morgan fingerprint density at radius 2 is 2.10 bits per heavy atom. The molecule has 1 aliphatic heterocycles. The summed E-state index contributed by atoms with van der Waals surface area (Å²) in [6.45, 7) is 10.2. The van der Waals surface area contributed by atoms with Crippen molar-refractivity contribution in [3.8, 4) is 0 Å². The summed E-state index contributed by atoms with van der Waals surface area (Å²) in [4.78, 5) is 13.2. The van der Waals surface area contributed by atoms with Gasteiger partial charge in [0.15, 0.2) is 5.96 Å². The van der Waals surface area contributed by atoms with Gasteiger partial charge in [0.05, 0.1) is 12.6 Å². The van der Waals surface area contributed by atoms with E-state index in [1.165, 1.54) is 30.8 Å². The number of unbranched alkanes of at least 4 members (excludes halogenated alkanes) is 1. The van der Waals surface area contributed by atoms with Crippen molar-refractivity contribution >= 4 is 41.3 Å². The van der Waals surface area contributed by atoms with Gasteiger partial charge >= 0.3 is 0 Å². The minimum atomic E-state index is 0. The normalized spacial score (nSPS) is 15.9. The minimum Gasteiger partial charge on any atom is -0.357 e. The molecule has 0 amide bonds. The third-order valence-corrected chi connectivity index (χ3v) is 6.24. The smallest absolute Gasteiger partial charge is 0.191 e. The summed E-state index contributed by atoms with van der Waals surface area (Å²) in [5.74, 6) is 2.02. The lowest BCUT2D eigenvalue weighted by molar-refractivity contribution is 0.255. The lowest BCUT2D eigenvalue weighted by Gasteiger charge is -2.25. The molecule has 2 aromatic rings. The molecule has 2 N–H and O–H groups in total. The highest BCUT2D eigenvalue weighted by molar-refractivity contribution is 14.0. The number of rotatable bonds is 10. The maximum absolute atomic E-state index is 4.92. The molecule has 1 unspecified atom stereocenters. The van der Waals surface area contributed by atoms with Gasteiger partial charge in [0.25, 0.3) is 0 Å². The van der Waals surface area contributed by atoms with E-state index in [9.17, 15) is 0 Å². The first kappa shape index (κ1) is 24.1. The van der Waals surface area contributed by atoms with E-state index in [0.717, 1.165) is 50.8 Å². The zero-order valence-electron chi connectivity index (χ0n) is 17.6. The zero-order valence-corrected chi connectivity index (χ0v) is 20.8. The molecule has 0 aliphatic carbocycles. The fourth-order valence-corrected chi connectivity index (χ4v) is 4.55. The molecule has 29 heavy (non-hydrogen) atoms. The molecule has 0 radical (unpaired) electrons. The number of nitrogens with zero attached hydrogens (tertiary/aromatic N) is 4. The molecule has 1 fully saturated rings. The number of guanidine groups is 1. The van der Waals surface area contributed by atoms with Gasteiger partial charge in [-0.3, -0.25) is 9.89 Å². The Hall–Kier alpha value is -1.13. The number of hydrogen-bond acceptors (Lipinski definition) is 4. The van der Waals surface area contributed by atoms with Crippen LogP contribution in [0.4, 0.5) is 0 Å². The van der Waals surface area contributed by atoms with Crippen LogP contribution in [0.3, 0.4) is 0 Å². The number of likely N-dealkylation sites (tertiary alicyclic amines) is 1. The predicted octanol–water partition coefficient (Wildman–Crippen LogP) is 4.04. The van der Waals surface area contributed by atoms with Crippen molar-refractivity contribution in [2.45, 2.75) is 52.1 Å². The zero-order chi connectivity index (χ0) is 19.6. The van der Waals surface area contributed by atoms with Crippen molar-refractivity contribution in [3.05, 3.63) is 40.6 Å². The summed E-state index contributed by atoms with van der Waals surface area (Å²) < 4.78 is 2.21. The number of aryl methyl sites for hydroxylation is 2. The molecule has 162 valence electrons. The lowest BCUT2D eigenvalue weighted by atomic mass is 10.2. The molecule has 1 atom stereocenters. The molecular weight excluding hydrogens is 495 g/mol. The summed E-state index contributed by atoms with van der Waals surface area (Å²) >= 11 is 1.85. The largest absolute Gasteiger partial charge is 0.357 e. The first-order valence-electron chi connectivity index (χ1n) is 10.5.